The third-order valence-electron chi connectivity index (χ3n) is 7.27. The van der Waals surface area contributed by atoms with Gasteiger partial charge in [-0.15, -0.1) is 34.8 Å². The van der Waals surface area contributed by atoms with Crippen molar-refractivity contribution in [2.75, 3.05) is 6.26 Å². The number of carbonyl (C=O) groups excluding carboxylic acids is 1. The van der Waals surface area contributed by atoms with Crippen LogP contribution in [0.2, 0.25) is 0 Å². The highest BCUT2D eigenvalue weighted by molar-refractivity contribution is 7.98. The predicted molar refractivity (Wildman–Crippen MR) is 124 cm³/mol. The molecule has 0 atom stereocenters. The molecule has 4 saturated carbocycles. The molecule has 6 rings (SSSR count). The molecule has 4 fully saturated rings. The Morgan fingerprint density at radius 1 is 1.23 bits per heavy atom. The Hall–Kier alpha value is -1.79. The van der Waals surface area contributed by atoms with E-state index in [0.29, 0.717) is 6.54 Å². The number of thioether (sulfide) groups is 1. The summed E-state index contributed by atoms with van der Waals surface area (Å²) in [5.74, 6) is 2.41. The first kappa shape index (κ1) is 20.1. The zero-order valence-electron chi connectivity index (χ0n) is 17.5. The van der Waals surface area contributed by atoms with Gasteiger partial charge in [0.05, 0.1) is 11.1 Å². The van der Waals surface area contributed by atoms with Gasteiger partial charge < -0.3 is 4.57 Å². The van der Waals surface area contributed by atoms with E-state index >= 15 is 0 Å². The lowest BCUT2D eigenvalue weighted by Crippen LogP contribution is -2.53. The van der Waals surface area contributed by atoms with E-state index in [1.54, 1.807) is 23.1 Å². The molecule has 6 heteroatoms. The van der Waals surface area contributed by atoms with Gasteiger partial charge in [-0.25, -0.2) is 5.43 Å². The minimum absolute atomic E-state index is 0.144. The topological polar surface area (TPSA) is 46.4 Å². The maximum absolute atomic E-state index is 13.3. The number of thiazole rings is 1. The Morgan fingerprint density at radius 2 is 1.87 bits per heavy atom. The molecule has 0 radical (unpaired) electrons. The Balaban J connectivity index is 1.40. The summed E-state index contributed by atoms with van der Waals surface area (Å²) in [6.45, 7) is 4.57. The van der Waals surface area contributed by atoms with Gasteiger partial charge >= 0.3 is 0 Å². The summed E-state index contributed by atoms with van der Waals surface area (Å²) >= 11 is 3.31. The number of nitrogens with zero attached hydrogens (tertiary/aromatic N) is 2. The first-order valence-electron chi connectivity index (χ1n) is 10.9. The molecule has 4 aliphatic rings. The number of benzene rings is 1. The van der Waals surface area contributed by atoms with Crippen LogP contribution in [0.5, 0.6) is 0 Å². The summed E-state index contributed by atoms with van der Waals surface area (Å²) in [5, 5.41) is 6.71. The Kier molecular flexibility index (Phi) is 5.40. The van der Waals surface area contributed by atoms with Crippen LogP contribution in [0.15, 0.2) is 52.3 Å². The highest BCUT2D eigenvalue weighted by Gasteiger charge is 2.54. The van der Waals surface area contributed by atoms with E-state index in [4.69, 9.17) is 0 Å². The Bertz CT molecular complexity index is 983. The second-order valence-electron chi connectivity index (χ2n) is 9.28. The minimum Gasteiger partial charge on any atom is -0.311 e. The second-order valence-corrected chi connectivity index (χ2v) is 11.0. The molecule has 4 nitrogen and oxygen atoms in total. The van der Waals surface area contributed by atoms with Crippen molar-refractivity contribution in [3.8, 4) is 11.3 Å². The van der Waals surface area contributed by atoms with E-state index in [0.717, 1.165) is 53.1 Å². The largest absolute Gasteiger partial charge is 0.311 e. The zero-order chi connectivity index (χ0) is 20.7. The van der Waals surface area contributed by atoms with Crippen LogP contribution in [0.3, 0.4) is 0 Å². The SMILES string of the molecule is C=CCn1c(-c2ccc(SC)cc2)cs/c1=N/NC(=O)C12CC3CC(CC(C3)C1)C2. The average Bonchev–Trinajstić information content (AvgIpc) is 3.14. The van der Waals surface area contributed by atoms with Crippen LogP contribution in [0.1, 0.15) is 38.5 Å². The average molecular weight is 440 g/mol. The van der Waals surface area contributed by atoms with Gasteiger partial charge in [0, 0.05) is 16.8 Å². The molecule has 1 aromatic heterocycles. The second kappa shape index (κ2) is 8.04. The monoisotopic (exact) mass is 439 g/mol. The van der Waals surface area contributed by atoms with Gasteiger partial charge in [0.1, 0.15) is 0 Å². The molecule has 0 spiro atoms. The smallest absolute Gasteiger partial charge is 0.246 e. The molecule has 1 heterocycles. The summed E-state index contributed by atoms with van der Waals surface area (Å²) < 4.78 is 2.13. The number of aromatic nitrogens is 1. The lowest BCUT2D eigenvalue weighted by Gasteiger charge is -2.55. The van der Waals surface area contributed by atoms with Crippen molar-refractivity contribution in [2.45, 2.75) is 50.0 Å². The van der Waals surface area contributed by atoms with Gasteiger partial charge in [-0.05, 0) is 80.2 Å². The fourth-order valence-electron chi connectivity index (χ4n) is 6.32. The molecule has 158 valence electrons. The van der Waals surface area contributed by atoms with Gasteiger partial charge in [0.25, 0.3) is 0 Å². The fourth-order valence-corrected chi connectivity index (χ4v) is 7.61. The Morgan fingerprint density at radius 3 is 2.43 bits per heavy atom. The molecular formula is C24H29N3OS2. The highest BCUT2D eigenvalue weighted by atomic mass is 32.2. The van der Waals surface area contributed by atoms with Crippen LogP contribution in [0, 0.1) is 23.2 Å². The molecule has 0 unspecified atom stereocenters. The molecule has 0 saturated heterocycles. The van der Waals surface area contributed by atoms with Crippen molar-refractivity contribution in [1.29, 1.82) is 0 Å². The minimum atomic E-state index is -0.171. The van der Waals surface area contributed by atoms with Gasteiger partial charge in [-0.1, -0.05) is 18.2 Å². The molecule has 0 aliphatic heterocycles. The third kappa shape index (κ3) is 3.58. The number of hydrogen-bond donors (Lipinski definition) is 1. The first-order chi connectivity index (χ1) is 14.6. The van der Waals surface area contributed by atoms with E-state index < -0.39 is 0 Å². The molecule has 4 bridgehead atoms. The number of amides is 1. The van der Waals surface area contributed by atoms with Crippen LogP contribution in [-0.2, 0) is 11.3 Å². The molecule has 1 aromatic carbocycles. The van der Waals surface area contributed by atoms with Crippen LogP contribution in [0.4, 0.5) is 0 Å². The molecule has 1 N–H and O–H groups in total. The maximum Gasteiger partial charge on any atom is 0.246 e. The summed E-state index contributed by atoms with van der Waals surface area (Å²) in [6, 6.07) is 8.57. The van der Waals surface area contributed by atoms with E-state index in [1.807, 2.05) is 6.08 Å². The van der Waals surface area contributed by atoms with Gasteiger partial charge in [0.2, 0.25) is 10.7 Å². The summed E-state index contributed by atoms with van der Waals surface area (Å²) in [5.41, 5.74) is 5.06. The number of nitrogens with one attached hydrogen (secondary N) is 1. The van der Waals surface area contributed by atoms with Gasteiger partial charge in [-0.2, -0.15) is 0 Å². The third-order valence-corrected chi connectivity index (χ3v) is 8.88. The standard InChI is InChI=1S/C24H29N3OS2/c1-3-8-27-21(19-4-6-20(29-2)7-5-19)15-30-23(27)26-25-22(28)24-12-16-9-17(13-24)11-18(10-16)14-24/h3-7,15-18H,1,8-14H2,2H3,(H,25,28)/b26-23+. The Labute approximate surface area is 186 Å². The van der Waals surface area contributed by atoms with E-state index in [-0.39, 0.29) is 11.3 Å². The van der Waals surface area contributed by atoms with Gasteiger partial charge in [0.15, 0.2) is 0 Å². The number of hydrogen-bond acceptors (Lipinski definition) is 4. The first-order valence-corrected chi connectivity index (χ1v) is 13.0. The highest BCUT2D eigenvalue weighted by Crippen LogP contribution is 2.60. The van der Waals surface area contributed by atoms with Crippen LogP contribution < -0.4 is 10.2 Å². The quantitative estimate of drug-likeness (QED) is 0.378. The van der Waals surface area contributed by atoms with Crippen molar-refractivity contribution >= 4 is 29.0 Å². The van der Waals surface area contributed by atoms with Crippen molar-refractivity contribution in [1.82, 2.24) is 9.99 Å². The molecule has 4 aliphatic carbocycles. The van der Waals surface area contributed by atoms with E-state index in [9.17, 15) is 4.79 Å². The van der Waals surface area contributed by atoms with Gasteiger partial charge in [-0.3, -0.25) is 4.79 Å². The number of carbonyl (C=O) groups is 1. The summed E-state index contributed by atoms with van der Waals surface area (Å²) in [6.07, 6.45) is 11.2. The zero-order valence-corrected chi connectivity index (χ0v) is 19.1. The summed E-state index contributed by atoms with van der Waals surface area (Å²) in [7, 11) is 0. The molecule has 1 amide bonds. The molecular weight excluding hydrogens is 410 g/mol. The van der Waals surface area contributed by atoms with E-state index in [2.05, 4.69) is 57.6 Å². The van der Waals surface area contributed by atoms with Crippen LogP contribution in [0.25, 0.3) is 11.3 Å². The van der Waals surface area contributed by atoms with Crippen LogP contribution >= 0.6 is 23.1 Å². The molecule has 2 aromatic rings. The van der Waals surface area contributed by atoms with Crippen molar-refractivity contribution in [3.63, 3.8) is 0 Å². The fraction of sp³-hybridized carbons (Fsp3) is 0.500. The van der Waals surface area contributed by atoms with Crippen molar-refractivity contribution in [3.05, 3.63) is 47.1 Å². The maximum atomic E-state index is 13.3. The lowest BCUT2D eigenvalue weighted by atomic mass is 9.49. The summed E-state index contributed by atoms with van der Waals surface area (Å²) in [4.78, 5) is 15.3. The predicted octanol–water partition coefficient (Wildman–Crippen LogP) is 5.27. The number of rotatable bonds is 6. The van der Waals surface area contributed by atoms with Crippen LogP contribution in [-0.4, -0.2) is 16.7 Å². The van der Waals surface area contributed by atoms with Crippen molar-refractivity contribution in [2.24, 2.45) is 28.3 Å². The number of allylic oxidation sites excluding steroid dienone is 1. The van der Waals surface area contributed by atoms with Crippen molar-refractivity contribution < 1.29 is 4.79 Å². The van der Waals surface area contributed by atoms with E-state index in [1.165, 1.54) is 24.2 Å². The molecule has 30 heavy (non-hydrogen) atoms. The lowest BCUT2D eigenvalue weighted by molar-refractivity contribution is -0.146. The normalized spacial score (nSPS) is 29.9.